The molecule has 0 bridgehead atoms. The molecule has 1 heterocycles. The van der Waals surface area contributed by atoms with E-state index >= 15 is 0 Å². The zero-order chi connectivity index (χ0) is 16.6. The number of para-hydroxylation sites is 3. The summed E-state index contributed by atoms with van der Waals surface area (Å²) in [5.41, 5.74) is 1.88. The third kappa shape index (κ3) is 4.49. The normalized spacial score (nSPS) is 14.2. The molecule has 5 heteroatoms. The van der Waals surface area contributed by atoms with Crippen LogP contribution in [-0.4, -0.2) is 38.8 Å². The van der Waals surface area contributed by atoms with Gasteiger partial charge in [-0.25, -0.2) is 0 Å². The Morgan fingerprint density at radius 2 is 1.75 bits per heavy atom. The first-order valence-electron chi connectivity index (χ1n) is 8.22. The van der Waals surface area contributed by atoms with Crippen molar-refractivity contribution in [1.29, 1.82) is 0 Å². The number of amides is 1. The third-order valence-corrected chi connectivity index (χ3v) is 3.87. The number of anilines is 2. The molecule has 0 spiro atoms. The van der Waals surface area contributed by atoms with Gasteiger partial charge in [0.1, 0.15) is 5.75 Å². The molecule has 0 atom stereocenters. The molecular weight excluding hydrogens is 304 g/mol. The van der Waals surface area contributed by atoms with Crippen molar-refractivity contribution in [2.45, 2.75) is 6.42 Å². The molecule has 2 aromatic carbocycles. The molecule has 2 aromatic rings. The average Bonchev–Trinajstić information content (AvgIpc) is 2.64. The highest BCUT2D eigenvalue weighted by Gasteiger charge is 2.15. The maximum atomic E-state index is 12.2. The highest BCUT2D eigenvalue weighted by Crippen LogP contribution is 2.26. The number of benzene rings is 2. The molecule has 5 nitrogen and oxygen atoms in total. The molecule has 1 amide bonds. The summed E-state index contributed by atoms with van der Waals surface area (Å²) in [7, 11) is 0. The van der Waals surface area contributed by atoms with E-state index in [1.54, 1.807) is 0 Å². The molecule has 1 aliphatic rings. The number of nitrogens with zero attached hydrogens (tertiary/aromatic N) is 1. The molecule has 0 aliphatic carbocycles. The van der Waals surface area contributed by atoms with E-state index in [2.05, 4.69) is 10.2 Å². The molecule has 3 rings (SSSR count). The van der Waals surface area contributed by atoms with Gasteiger partial charge in [-0.1, -0.05) is 30.3 Å². The van der Waals surface area contributed by atoms with E-state index in [-0.39, 0.29) is 5.91 Å². The Labute approximate surface area is 142 Å². The zero-order valence-electron chi connectivity index (χ0n) is 13.6. The minimum absolute atomic E-state index is 0.0494. The molecule has 0 aromatic heterocycles. The van der Waals surface area contributed by atoms with Gasteiger partial charge in [0, 0.05) is 13.1 Å². The predicted octanol–water partition coefficient (Wildman–Crippen LogP) is 2.93. The zero-order valence-corrected chi connectivity index (χ0v) is 13.6. The smallest absolute Gasteiger partial charge is 0.227 e. The lowest BCUT2D eigenvalue weighted by Gasteiger charge is -2.30. The van der Waals surface area contributed by atoms with E-state index in [9.17, 15) is 4.79 Å². The van der Waals surface area contributed by atoms with Crippen LogP contribution in [-0.2, 0) is 9.53 Å². The summed E-state index contributed by atoms with van der Waals surface area (Å²) < 4.78 is 11.0. The van der Waals surface area contributed by atoms with Crippen molar-refractivity contribution in [3.63, 3.8) is 0 Å². The molecule has 0 radical (unpaired) electrons. The minimum Gasteiger partial charge on any atom is -0.493 e. The Bertz CT molecular complexity index is 655. The number of ether oxygens (including phenoxy) is 2. The van der Waals surface area contributed by atoms with Crippen molar-refractivity contribution in [2.24, 2.45) is 0 Å². The van der Waals surface area contributed by atoms with Crippen LogP contribution in [0.25, 0.3) is 0 Å². The highest BCUT2D eigenvalue weighted by molar-refractivity contribution is 5.94. The van der Waals surface area contributed by atoms with Crippen LogP contribution in [0.4, 0.5) is 11.4 Å². The van der Waals surface area contributed by atoms with Crippen LogP contribution in [0.3, 0.4) is 0 Å². The molecule has 1 N–H and O–H groups in total. The van der Waals surface area contributed by atoms with Crippen LogP contribution in [0, 0.1) is 0 Å². The van der Waals surface area contributed by atoms with E-state index in [1.165, 1.54) is 0 Å². The lowest BCUT2D eigenvalue weighted by atomic mass is 10.2. The molecule has 0 unspecified atom stereocenters. The number of carbonyl (C=O) groups is 1. The standard InChI is InChI=1S/C19H22N2O3/c22-19(10-13-24-16-6-2-1-3-7-16)20-17-8-4-5-9-18(17)21-11-14-23-15-12-21/h1-9H,10-15H2,(H,20,22). The number of carbonyl (C=O) groups excluding carboxylic acids is 1. The van der Waals surface area contributed by atoms with Gasteiger partial charge in [-0.3, -0.25) is 4.79 Å². The first-order chi connectivity index (χ1) is 11.8. The van der Waals surface area contributed by atoms with Crippen molar-refractivity contribution in [2.75, 3.05) is 43.1 Å². The molecule has 1 fully saturated rings. The first-order valence-corrected chi connectivity index (χ1v) is 8.22. The van der Waals surface area contributed by atoms with E-state index in [0.29, 0.717) is 26.2 Å². The van der Waals surface area contributed by atoms with Gasteiger partial charge in [-0.15, -0.1) is 0 Å². The number of hydrogen-bond donors (Lipinski definition) is 1. The number of rotatable bonds is 6. The lowest BCUT2D eigenvalue weighted by molar-refractivity contribution is -0.116. The molecular formula is C19H22N2O3. The molecule has 0 saturated carbocycles. The summed E-state index contributed by atoms with van der Waals surface area (Å²) >= 11 is 0. The quantitative estimate of drug-likeness (QED) is 0.887. The minimum atomic E-state index is -0.0494. The lowest BCUT2D eigenvalue weighted by Crippen LogP contribution is -2.36. The largest absolute Gasteiger partial charge is 0.493 e. The SMILES string of the molecule is O=C(CCOc1ccccc1)Nc1ccccc1N1CCOCC1. The van der Waals surface area contributed by atoms with Crippen LogP contribution in [0.1, 0.15) is 6.42 Å². The molecule has 1 aliphatic heterocycles. The van der Waals surface area contributed by atoms with Crippen molar-refractivity contribution < 1.29 is 14.3 Å². The monoisotopic (exact) mass is 326 g/mol. The average molecular weight is 326 g/mol. The van der Waals surface area contributed by atoms with E-state index in [1.807, 2.05) is 54.6 Å². The summed E-state index contributed by atoms with van der Waals surface area (Å²) in [5, 5.41) is 2.99. The van der Waals surface area contributed by atoms with Crippen LogP contribution < -0.4 is 15.0 Å². The topological polar surface area (TPSA) is 50.8 Å². The maximum Gasteiger partial charge on any atom is 0.227 e. The summed E-state index contributed by atoms with van der Waals surface area (Å²) in [5.74, 6) is 0.727. The van der Waals surface area contributed by atoms with Crippen LogP contribution in [0.5, 0.6) is 5.75 Å². The van der Waals surface area contributed by atoms with Crippen molar-refractivity contribution >= 4 is 17.3 Å². The Kier molecular flexibility index (Phi) is 5.69. The van der Waals surface area contributed by atoms with Crippen molar-refractivity contribution in [3.8, 4) is 5.75 Å². The molecule has 1 saturated heterocycles. The van der Waals surface area contributed by atoms with Crippen LogP contribution in [0.15, 0.2) is 54.6 Å². The van der Waals surface area contributed by atoms with Gasteiger partial charge >= 0.3 is 0 Å². The second kappa shape index (κ2) is 8.36. The summed E-state index contributed by atoms with van der Waals surface area (Å²) in [6.07, 6.45) is 0.312. The number of morpholine rings is 1. The van der Waals surface area contributed by atoms with E-state index in [0.717, 1.165) is 30.2 Å². The fourth-order valence-corrected chi connectivity index (χ4v) is 2.65. The van der Waals surface area contributed by atoms with E-state index < -0.39 is 0 Å². The Morgan fingerprint density at radius 3 is 2.54 bits per heavy atom. The summed E-state index contributed by atoms with van der Waals surface area (Å²) in [6.45, 7) is 3.46. The highest BCUT2D eigenvalue weighted by atomic mass is 16.5. The first kappa shape index (κ1) is 16.3. The fourth-order valence-electron chi connectivity index (χ4n) is 2.65. The van der Waals surface area contributed by atoms with E-state index in [4.69, 9.17) is 9.47 Å². The molecule has 126 valence electrons. The van der Waals surface area contributed by atoms with Gasteiger partial charge in [-0.05, 0) is 24.3 Å². The Hall–Kier alpha value is -2.53. The van der Waals surface area contributed by atoms with Crippen LogP contribution >= 0.6 is 0 Å². The molecule has 24 heavy (non-hydrogen) atoms. The van der Waals surface area contributed by atoms with Gasteiger partial charge in [0.2, 0.25) is 5.91 Å². The Balaban J connectivity index is 1.54. The maximum absolute atomic E-state index is 12.2. The fraction of sp³-hybridized carbons (Fsp3) is 0.316. The predicted molar refractivity (Wildman–Crippen MR) is 94.7 cm³/mol. The summed E-state index contributed by atoms with van der Waals surface area (Å²) in [6, 6.07) is 17.4. The third-order valence-electron chi connectivity index (χ3n) is 3.87. The van der Waals surface area contributed by atoms with Gasteiger partial charge < -0.3 is 19.7 Å². The van der Waals surface area contributed by atoms with Gasteiger partial charge in [0.05, 0.1) is 37.6 Å². The van der Waals surface area contributed by atoms with Gasteiger partial charge in [0.25, 0.3) is 0 Å². The van der Waals surface area contributed by atoms with Gasteiger partial charge in [0.15, 0.2) is 0 Å². The Morgan fingerprint density at radius 1 is 1.04 bits per heavy atom. The number of nitrogens with one attached hydrogen (secondary N) is 1. The number of hydrogen-bond acceptors (Lipinski definition) is 4. The second-order valence-corrected chi connectivity index (χ2v) is 5.58. The van der Waals surface area contributed by atoms with Crippen molar-refractivity contribution in [1.82, 2.24) is 0 Å². The second-order valence-electron chi connectivity index (χ2n) is 5.58. The summed E-state index contributed by atoms with van der Waals surface area (Å²) in [4.78, 5) is 14.4. The van der Waals surface area contributed by atoms with Crippen LogP contribution in [0.2, 0.25) is 0 Å². The van der Waals surface area contributed by atoms with Crippen molar-refractivity contribution in [3.05, 3.63) is 54.6 Å². The van der Waals surface area contributed by atoms with Gasteiger partial charge in [-0.2, -0.15) is 0 Å².